The van der Waals surface area contributed by atoms with E-state index in [1.165, 1.54) is 6.26 Å². The van der Waals surface area contributed by atoms with Gasteiger partial charge in [-0.2, -0.15) is 5.26 Å². The number of hydrogen-bond acceptors (Lipinski definition) is 3. The van der Waals surface area contributed by atoms with Crippen molar-refractivity contribution in [3.05, 3.63) is 53.6 Å². The maximum absolute atomic E-state index is 11.6. The first-order chi connectivity index (χ1) is 9.41. The molecule has 3 nitrogen and oxygen atoms in total. The number of hydrogen-bond donors (Lipinski definition) is 0. The van der Waals surface area contributed by atoms with Crippen LogP contribution in [0.2, 0.25) is 0 Å². The molecule has 4 heteroatoms. The average Bonchev–Trinajstić information content (AvgIpc) is 2.40. The van der Waals surface area contributed by atoms with Gasteiger partial charge >= 0.3 is 0 Å². The highest BCUT2D eigenvalue weighted by Gasteiger charge is 2.09. The fourth-order valence-electron chi connectivity index (χ4n) is 2.07. The van der Waals surface area contributed by atoms with Gasteiger partial charge in [0, 0.05) is 6.26 Å². The van der Waals surface area contributed by atoms with E-state index in [-0.39, 0.29) is 0 Å². The van der Waals surface area contributed by atoms with Crippen LogP contribution in [0.5, 0.6) is 0 Å². The third kappa shape index (κ3) is 3.06. The lowest BCUT2D eigenvalue weighted by molar-refractivity contribution is 0.602. The Kier molecular flexibility index (Phi) is 3.91. The molecule has 0 aliphatic heterocycles. The molecule has 2 aromatic carbocycles. The minimum absolute atomic E-state index is 0.314. The van der Waals surface area contributed by atoms with E-state index in [1.807, 2.05) is 31.2 Å². The van der Waals surface area contributed by atoms with Crippen LogP contribution >= 0.6 is 0 Å². The Morgan fingerprint density at radius 2 is 1.80 bits per heavy atom. The van der Waals surface area contributed by atoms with Crippen molar-refractivity contribution >= 4 is 9.84 Å². The summed E-state index contributed by atoms with van der Waals surface area (Å²) in [6, 6.07) is 14.8. The van der Waals surface area contributed by atoms with Gasteiger partial charge in [0.2, 0.25) is 0 Å². The van der Waals surface area contributed by atoms with Gasteiger partial charge in [0.25, 0.3) is 0 Å². The Hall–Kier alpha value is -2.12. The van der Waals surface area contributed by atoms with E-state index in [2.05, 4.69) is 6.07 Å². The first-order valence-corrected chi connectivity index (χ1v) is 8.08. The molecule has 0 aromatic heterocycles. The molecule has 0 saturated carbocycles. The third-order valence-electron chi connectivity index (χ3n) is 3.21. The predicted octanol–water partition coefficient (Wildman–Crippen LogP) is 3.13. The van der Waals surface area contributed by atoms with Crippen LogP contribution in [0, 0.1) is 18.3 Å². The summed E-state index contributed by atoms with van der Waals surface area (Å²) < 4.78 is 23.2. The summed E-state index contributed by atoms with van der Waals surface area (Å²) in [6.07, 6.45) is 1.59. The standard InChI is InChI=1S/C16H15NO2S/c1-12-10-15(7-6-13(12)8-9-17)14-4-3-5-16(11-14)20(2,18)19/h3-7,10-11H,8H2,1-2H3. The van der Waals surface area contributed by atoms with Gasteiger partial charge in [-0.25, -0.2) is 8.42 Å². The van der Waals surface area contributed by atoms with Crippen LogP contribution in [-0.2, 0) is 16.3 Å². The van der Waals surface area contributed by atoms with Gasteiger partial charge in [-0.3, -0.25) is 0 Å². The van der Waals surface area contributed by atoms with Crippen LogP contribution in [0.4, 0.5) is 0 Å². The molecule has 0 bridgehead atoms. The molecule has 2 rings (SSSR count). The van der Waals surface area contributed by atoms with Gasteiger partial charge in [-0.05, 0) is 41.3 Å². The summed E-state index contributed by atoms with van der Waals surface area (Å²) in [6.45, 7) is 1.95. The quantitative estimate of drug-likeness (QED) is 0.870. The molecule has 0 radical (unpaired) electrons. The monoisotopic (exact) mass is 285 g/mol. The van der Waals surface area contributed by atoms with Crippen LogP contribution in [0.15, 0.2) is 47.4 Å². The van der Waals surface area contributed by atoms with Gasteiger partial charge in [-0.1, -0.05) is 30.3 Å². The zero-order valence-corrected chi connectivity index (χ0v) is 12.2. The van der Waals surface area contributed by atoms with Crippen LogP contribution in [-0.4, -0.2) is 14.7 Å². The fourth-order valence-corrected chi connectivity index (χ4v) is 2.73. The molecule has 0 N–H and O–H groups in total. The predicted molar refractivity (Wildman–Crippen MR) is 79.0 cm³/mol. The topological polar surface area (TPSA) is 57.9 Å². The number of aryl methyl sites for hydroxylation is 1. The number of sulfone groups is 1. The van der Waals surface area contributed by atoms with E-state index in [1.54, 1.807) is 18.2 Å². The van der Waals surface area contributed by atoms with Crippen LogP contribution in [0.1, 0.15) is 11.1 Å². The molecule has 0 spiro atoms. The van der Waals surface area contributed by atoms with Crippen molar-refractivity contribution in [2.45, 2.75) is 18.2 Å². The second-order valence-electron chi connectivity index (χ2n) is 4.78. The summed E-state index contributed by atoms with van der Waals surface area (Å²) in [5.74, 6) is 0. The Bertz CT molecular complexity index is 786. The van der Waals surface area contributed by atoms with Crippen molar-refractivity contribution in [3.63, 3.8) is 0 Å². The molecule has 0 heterocycles. The normalized spacial score (nSPS) is 11.1. The maximum Gasteiger partial charge on any atom is 0.175 e. The van der Waals surface area contributed by atoms with Gasteiger partial charge in [0.05, 0.1) is 17.4 Å². The number of rotatable bonds is 3. The lowest BCUT2D eigenvalue weighted by atomic mass is 9.99. The molecule has 0 fully saturated rings. The van der Waals surface area contributed by atoms with Crippen LogP contribution in [0.25, 0.3) is 11.1 Å². The molecular formula is C16H15NO2S. The minimum Gasteiger partial charge on any atom is -0.224 e. The van der Waals surface area contributed by atoms with Gasteiger partial charge in [-0.15, -0.1) is 0 Å². The van der Waals surface area contributed by atoms with Crippen molar-refractivity contribution in [3.8, 4) is 17.2 Å². The second kappa shape index (κ2) is 5.48. The van der Waals surface area contributed by atoms with Gasteiger partial charge in [0.1, 0.15) is 0 Å². The summed E-state index contributed by atoms with van der Waals surface area (Å²) in [5.41, 5.74) is 3.85. The van der Waals surface area contributed by atoms with E-state index in [0.717, 1.165) is 22.3 Å². The van der Waals surface area contributed by atoms with Gasteiger partial charge in [0.15, 0.2) is 9.84 Å². The van der Waals surface area contributed by atoms with E-state index in [0.29, 0.717) is 11.3 Å². The fraction of sp³-hybridized carbons (Fsp3) is 0.188. The molecule has 0 amide bonds. The van der Waals surface area contributed by atoms with Crippen LogP contribution < -0.4 is 0 Å². The smallest absolute Gasteiger partial charge is 0.175 e. The molecule has 0 unspecified atom stereocenters. The Balaban J connectivity index is 2.48. The molecule has 0 saturated heterocycles. The van der Waals surface area contributed by atoms with Crippen molar-refractivity contribution in [1.29, 1.82) is 5.26 Å². The first-order valence-electron chi connectivity index (χ1n) is 6.19. The van der Waals surface area contributed by atoms with Crippen molar-refractivity contribution in [2.75, 3.05) is 6.26 Å². The molecule has 0 aliphatic carbocycles. The Morgan fingerprint density at radius 1 is 1.10 bits per heavy atom. The maximum atomic E-state index is 11.6. The molecule has 0 atom stereocenters. The van der Waals surface area contributed by atoms with Crippen molar-refractivity contribution in [1.82, 2.24) is 0 Å². The average molecular weight is 285 g/mol. The summed E-state index contributed by atoms with van der Waals surface area (Å²) >= 11 is 0. The molecule has 2 aromatic rings. The Morgan fingerprint density at radius 3 is 2.40 bits per heavy atom. The zero-order valence-electron chi connectivity index (χ0n) is 11.4. The summed E-state index contributed by atoms with van der Waals surface area (Å²) in [5, 5.41) is 8.74. The first kappa shape index (κ1) is 14.3. The number of benzene rings is 2. The number of nitrogens with zero attached hydrogens (tertiary/aromatic N) is 1. The molecule has 102 valence electrons. The second-order valence-corrected chi connectivity index (χ2v) is 6.79. The minimum atomic E-state index is -3.20. The number of nitriles is 1. The van der Waals surface area contributed by atoms with E-state index in [4.69, 9.17) is 5.26 Å². The highest BCUT2D eigenvalue weighted by atomic mass is 32.2. The summed E-state index contributed by atoms with van der Waals surface area (Å²) in [7, 11) is -3.20. The van der Waals surface area contributed by atoms with Gasteiger partial charge < -0.3 is 0 Å². The van der Waals surface area contributed by atoms with Crippen molar-refractivity contribution in [2.24, 2.45) is 0 Å². The van der Waals surface area contributed by atoms with Crippen LogP contribution in [0.3, 0.4) is 0 Å². The Labute approximate surface area is 119 Å². The highest BCUT2D eigenvalue weighted by molar-refractivity contribution is 7.90. The largest absolute Gasteiger partial charge is 0.224 e. The molecule has 0 aliphatic rings. The SMILES string of the molecule is Cc1cc(-c2cccc(S(C)(=O)=O)c2)ccc1CC#N. The summed E-state index contributed by atoms with van der Waals surface area (Å²) in [4.78, 5) is 0.314. The van der Waals surface area contributed by atoms with Crippen molar-refractivity contribution < 1.29 is 8.42 Å². The third-order valence-corrected chi connectivity index (χ3v) is 4.32. The zero-order chi connectivity index (χ0) is 14.8. The lowest BCUT2D eigenvalue weighted by Gasteiger charge is -2.08. The molecule has 20 heavy (non-hydrogen) atoms. The van der Waals surface area contributed by atoms with E-state index >= 15 is 0 Å². The van der Waals surface area contributed by atoms with E-state index in [9.17, 15) is 8.42 Å². The van der Waals surface area contributed by atoms with E-state index < -0.39 is 9.84 Å². The highest BCUT2D eigenvalue weighted by Crippen LogP contribution is 2.25. The molecular weight excluding hydrogens is 270 g/mol. The lowest BCUT2D eigenvalue weighted by Crippen LogP contribution is -1.97.